The molecule has 4 rings (SSSR count). The molecule has 1 aliphatic heterocycles. The van der Waals surface area contributed by atoms with Gasteiger partial charge in [-0.25, -0.2) is 13.6 Å². The van der Waals surface area contributed by atoms with E-state index >= 15 is 0 Å². The third kappa shape index (κ3) is 3.55. The summed E-state index contributed by atoms with van der Waals surface area (Å²) in [6.07, 6.45) is 7.92. The molecule has 1 saturated carbocycles. The van der Waals surface area contributed by atoms with Crippen LogP contribution in [0.1, 0.15) is 54.8 Å². The van der Waals surface area contributed by atoms with Crippen LogP contribution in [0.4, 0.5) is 19.3 Å². The Hall–Kier alpha value is -2.44. The molecule has 7 heteroatoms. The van der Waals surface area contributed by atoms with Gasteiger partial charge in [-0.1, -0.05) is 19.3 Å². The summed E-state index contributed by atoms with van der Waals surface area (Å²) in [5.41, 5.74) is 2.30. The largest absolute Gasteiger partial charge is 0.322 e. The van der Waals surface area contributed by atoms with Crippen LogP contribution in [0.5, 0.6) is 0 Å². The van der Waals surface area contributed by atoms with Crippen molar-refractivity contribution in [2.75, 3.05) is 11.9 Å². The van der Waals surface area contributed by atoms with Crippen LogP contribution >= 0.6 is 0 Å². The van der Waals surface area contributed by atoms with Gasteiger partial charge in [0.1, 0.15) is 11.6 Å². The minimum Gasteiger partial charge on any atom is -0.320 e. The molecular weight excluding hydrogens is 350 g/mol. The number of aryl methyl sites for hydroxylation is 1. The fourth-order valence-electron chi connectivity index (χ4n) is 4.24. The van der Waals surface area contributed by atoms with Crippen molar-refractivity contribution in [1.29, 1.82) is 0 Å². The third-order valence-corrected chi connectivity index (χ3v) is 5.68. The fourth-order valence-corrected chi connectivity index (χ4v) is 4.24. The van der Waals surface area contributed by atoms with E-state index in [2.05, 4.69) is 10.4 Å². The molecule has 5 nitrogen and oxygen atoms in total. The second-order valence-electron chi connectivity index (χ2n) is 7.52. The molecular formula is C20H24F2N4O. The number of hydrogen-bond donors (Lipinski definition) is 1. The standard InChI is InChI=1S/C20H24F2N4O/c1-25-12-18(19(24-25)13-5-3-2-4-6-13)23-20(27)26-10-9-14-15(11-26)17(22)8-7-16(14)21/h7-8,12-13H,2-6,9-11H2,1H3,(H,23,27). The van der Waals surface area contributed by atoms with Crippen LogP contribution in [-0.4, -0.2) is 27.3 Å². The Balaban J connectivity index is 1.51. The Morgan fingerprint density at radius 3 is 2.59 bits per heavy atom. The maximum absolute atomic E-state index is 14.1. The molecule has 2 amide bonds. The number of halogens is 2. The summed E-state index contributed by atoms with van der Waals surface area (Å²) in [7, 11) is 1.84. The molecule has 0 spiro atoms. The maximum atomic E-state index is 14.1. The lowest BCUT2D eigenvalue weighted by molar-refractivity contribution is 0.204. The minimum atomic E-state index is -0.465. The van der Waals surface area contributed by atoms with E-state index in [-0.39, 0.29) is 18.1 Å². The number of nitrogens with one attached hydrogen (secondary N) is 1. The summed E-state index contributed by atoms with van der Waals surface area (Å²) in [4.78, 5) is 14.3. The molecule has 2 heterocycles. The first-order chi connectivity index (χ1) is 13.0. The normalized spacial score (nSPS) is 17.7. The van der Waals surface area contributed by atoms with Gasteiger partial charge >= 0.3 is 6.03 Å². The van der Waals surface area contributed by atoms with Crippen LogP contribution in [-0.2, 0) is 20.0 Å². The number of benzene rings is 1. The Kier molecular flexibility index (Phi) is 4.85. The summed E-state index contributed by atoms with van der Waals surface area (Å²) >= 11 is 0. The summed E-state index contributed by atoms with van der Waals surface area (Å²) in [6, 6.07) is 1.97. The van der Waals surface area contributed by atoms with Crippen molar-refractivity contribution >= 4 is 11.7 Å². The Bertz CT molecular complexity index is 858. The molecule has 1 fully saturated rings. The molecule has 0 radical (unpaired) electrons. The quantitative estimate of drug-likeness (QED) is 0.850. The number of aromatic nitrogens is 2. The van der Waals surface area contributed by atoms with E-state index in [4.69, 9.17) is 0 Å². The predicted octanol–water partition coefficient (Wildman–Crippen LogP) is 4.34. The molecule has 0 bridgehead atoms. The smallest absolute Gasteiger partial charge is 0.320 e. The van der Waals surface area contributed by atoms with Crippen molar-refractivity contribution in [3.63, 3.8) is 0 Å². The van der Waals surface area contributed by atoms with Crippen LogP contribution in [0.15, 0.2) is 18.3 Å². The van der Waals surface area contributed by atoms with Crippen molar-refractivity contribution in [2.45, 2.75) is 51.0 Å². The van der Waals surface area contributed by atoms with E-state index in [0.29, 0.717) is 24.4 Å². The zero-order valence-electron chi connectivity index (χ0n) is 15.5. The van der Waals surface area contributed by atoms with Gasteiger partial charge in [0.15, 0.2) is 0 Å². The molecule has 1 aliphatic carbocycles. The average molecular weight is 374 g/mol. The average Bonchev–Trinajstić information content (AvgIpc) is 3.05. The summed E-state index contributed by atoms with van der Waals surface area (Å²) in [5, 5.41) is 7.52. The molecule has 0 saturated heterocycles. The van der Waals surface area contributed by atoms with Crippen LogP contribution in [0, 0.1) is 11.6 Å². The highest BCUT2D eigenvalue weighted by Crippen LogP contribution is 2.35. The van der Waals surface area contributed by atoms with Crippen molar-refractivity contribution < 1.29 is 13.6 Å². The van der Waals surface area contributed by atoms with Crippen molar-refractivity contribution in [3.05, 3.63) is 46.8 Å². The van der Waals surface area contributed by atoms with E-state index in [1.165, 1.54) is 24.2 Å². The van der Waals surface area contributed by atoms with Crippen LogP contribution in [0.2, 0.25) is 0 Å². The minimum absolute atomic E-state index is 0.0732. The van der Waals surface area contributed by atoms with Crippen LogP contribution in [0.3, 0.4) is 0 Å². The third-order valence-electron chi connectivity index (χ3n) is 5.68. The van der Waals surface area contributed by atoms with Crippen molar-refractivity contribution in [2.24, 2.45) is 7.05 Å². The van der Waals surface area contributed by atoms with Crippen LogP contribution < -0.4 is 5.32 Å². The molecule has 27 heavy (non-hydrogen) atoms. The molecule has 1 aromatic carbocycles. The molecule has 0 unspecified atom stereocenters. The molecule has 144 valence electrons. The first-order valence-corrected chi connectivity index (χ1v) is 9.58. The first-order valence-electron chi connectivity index (χ1n) is 9.58. The summed E-state index contributed by atoms with van der Waals surface area (Å²) in [6.45, 7) is 0.433. The van der Waals surface area contributed by atoms with Crippen molar-refractivity contribution in [1.82, 2.24) is 14.7 Å². The van der Waals surface area contributed by atoms with E-state index in [1.807, 2.05) is 13.2 Å². The van der Waals surface area contributed by atoms with Gasteiger partial charge in [0.25, 0.3) is 0 Å². The second kappa shape index (κ2) is 7.29. The lowest BCUT2D eigenvalue weighted by Crippen LogP contribution is -2.39. The molecule has 1 N–H and O–H groups in total. The maximum Gasteiger partial charge on any atom is 0.322 e. The number of fused-ring (bicyclic) bond motifs is 1. The number of carbonyl (C=O) groups is 1. The molecule has 0 atom stereocenters. The van der Waals surface area contributed by atoms with E-state index < -0.39 is 11.6 Å². The zero-order valence-corrected chi connectivity index (χ0v) is 15.5. The number of carbonyl (C=O) groups excluding carboxylic acids is 1. The highest BCUT2D eigenvalue weighted by molar-refractivity contribution is 5.90. The van der Waals surface area contributed by atoms with Gasteiger partial charge in [-0.2, -0.15) is 5.10 Å². The number of nitrogens with zero attached hydrogens (tertiary/aromatic N) is 3. The molecule has 1 aromatic heterocycles. The van der Waals surface area contributed by atoms with Crippen molar-refractivity contribution in [3.8, 4) is 0 Å². The van der Waals surface area contributed by atoms with Gasteiger partial charge in [-0.05, 0) is 37.0 Å². The van der Waals surface area contributed by atoms with Gasteiger partial charge in [-0.3, -0.25) is 4.68 Å². The number of hydrogen-bond acceptors (Lipinski definition) is 2. The Labute approximate surface area is 157 Å². The lowest BCUT2D eigenvalue weighted by Gasteiger charge is -2.29. The highest BCUT2D eigenvalue weighted by Gasteiger charge is 2.27. The van der Waals surface area contributed by atoms with Gasteiger partial charge in [-0.15, -0.1) is 0 Å². The summed E-state index contributed by atoms with van der Waals surface area (Å²) < 4.78 is 29.7. The summed E-state index contributed by atoms with van der Waals surface area (Å²) in [5.74, 6) is -0.504. The SMILES string of the molecule is Cn1cc(NC(=O)N2CCc3c(F)ccc(F)c3C2)c(C2CCCCC2)n1. The van der Waals surface area contributed by atoms with E-state index in [1.54, 1.807) is 4.68 Å². The fraction of sp³-hybridized carbons (Fsp3) is 0.500. The number of anilines is 1. The van der Waals surface area contributed by atoms with Gasteiger partial charge in [0.2, 0.25) is 0 Å². The first kappa shape index (κ1) is 17.9. The monoisotopic (exact) mass is 374 g/mol. The van der Waals surface area contributed by atoms with Gasteiger partial charge < -0.3 is 10.2 Å². The topological polar surface area (TPSA) is 50.2 Å². The molecule has 2 aliphatic rings. The van der Waals surface area contributed by atoms with Crippen LogP contribution in [0.25, 0.3) is 0 Å². The Morgan fingerprint density at radius 1 is 1.15 bits per heavy atom. The Morgan fingerprint density at radius 2 is 1.85 bits per heavy atom. The van der Waals surface area contributed by atoms with Gasteiger partial charge in [0, 0.05) is 31.3 Å². The number of urea groups is 1. The lowest BCUT2D eigenvalue weighted by atomic mass is 9.86. The molecule has 2 aromatic rings. The van der Waals surface area contributed by atoms with E-state index in [0.717, 1.165) is 36.4 Å². The highest BCUT2D eigenvalue weighted by atomic mass is 19.1. The predicted molar refractivity (Wildman–Crippen MR) is 98.5 cm³/mol. The number of rotatable bonds is 2. The van der Waals surface area contributed by atoms with E-state index in [9.17, 15) is 13.6 Å². The number of amides is 2. The zero-order chi connectivity index (χ0) is 19.0. The second-order valence-corrected chi connectivity index (χ2v) is 7.52. The van der Waals surface area contributed by atoms with Gasteiger partial charge in [0.05, 0.1) is 17.9 Å².